The van der Waals surface area contributed by atoms with Crippen LogP contribution in [0.2, 0.25) is 0 Å². The fourth-order valence-corrected chi connectivity index (χ4v) is 4.17. The van der Waals surface area contributed by atoms with Crippen LogP contribution < -0.4 is 15.1 Å². The van der Waals surface area contributed by atoms with E-state index in [1.165, 1.54) is 12.5 Å². The van der Waals surface area contributed by atoms with E-state index in [-0.39, 0.29) is 22.4 Å². The van der Waals surface area contributed by atoms with Gasteiger partial charge in [0.15, 0.2) is 0 Å². The van der Waals surface area contributed by atoms with Crippen molar-refractivity contribution in [3.05, 3.63) is 17.9 Å². The maximum atomic E-state index is 15.0. The molecule has 1 saturated heterocycles. The summed E-state index contributed by atoms with van der Waals surface area (Å²) in [6.45, 7) is 3.11. The molecule has 9 heteroatoms. The number of fused-ring (bicyclic) bond motifs is 1. The summed E-state index contributed by atoms with van der Waals surface area (Å²) in [6, 6.07) is 3.19. The summed E-state index contributed by atoms with van der Waals surface area (Å²) in [4.78, 5) is 13.2. The highest BCUT2D eigenvalue weighted by atomic mass is 19.1. The minimum Gasteiger partial charge on any atom is -0.463 e. The average molecular weight is 402 g/mol. The largest absolute Gasteiger partial charge is 0.491 e. The highest BCUT2D eigenvalue weighted by molar-refractivity contribution is 6.59. The minimum atomic E-state index is -1.90. The van der Waals surface area contributed by atoms with Gasteiger partial charge in [-0.05, 0) is 52.3 Å². The predicted octanol–water partition coefficient (Wildman–Crippen LogP) is 1.16. The number of hydrogen-bond acceptors (Lipinski definition) is 7. The third-order valence-electron chi connectivity index (χ3n) is 5.85. The number of anilines is 1. The Hall–Kier alpha value is -1.97. The van der Waals surface area contributed by atoms with Crippen molar-refractivity contribution in [1.82, 2.24) is 14.9 Å². The molecule has 2 fully saturated rings. The summed E-state index contributed by atoms with van der Waals surface area (Å²) in [5.74, 6) is -0.0857. The number of halogens is 1. The maximum absolute atomic E-state index is 15.0. The molecule has 29 heavy (non-hydrogen) atoms. The van der Waals surface area contributed by atoms with Gasteiger partial charge in [-0.15, -0.1) is 0 Å². The Balaban J connectivity index is 1.70. The van der Waals surface area contributed by atoms with Crippen LogP contribution in [0.3, 0.4) is 0 Å². The van der Waals surface area contributed by atoms with E-state index < -0.39 is 12.9 Å². The minimum absolute atomic E-state index is 0.0682. The van der Waals surface area contributed by atoms with Gasteiger partial charge in [-0.3, -0.25) is 0 Å². The fraction of sp³-hybridized carbons (Fsp3) is 0.600. The first-order valence-corrected chi connectivity index (χ1v) is 10.3. The van der Waals surface area contributed by atoms with Gasteiger partial charge in [-0.1, -0.05) is 6.07 Å². The van der Waals surface area contributed by atoms with Gasteiger partial charge in [0.25, 0.3) is 0 Å². The first-order valence-electron chi connectivity index (χ1n) is 10.3. The van der Waals surface area contributed by atoms with Crippen LogP contribution in [0.1, 0.15) is 32.1 Å². The molecule has 0 radical (unpaired) electrons. The smallest absolute Gasteiger partial charge is 0.463 e. The lowest BCUT2D eigenvalue weighted by Crippen LogP contribution is -2.34. The van der Waals surface area contributed by atoms with Crippen molar-refractivity contribution in [3.8, 4) is 6.01 Å². The molecule has 0 bridgehead atoms. The zero-order chi connectivity index (χ0) is 20.6. The van der Waals surface area contributed by atoms with Crippen LogP contribution >= 0.6 is 0 Å². The molecule has 2 heterocycles. The molecule has 1 aromatic heterocycles. The predicted molar refractivity (Wildman–Crippen MR) is 111 cm³/mol. The van der Waals surface area contributed by atoms with Crippen molar-refractivity contribution in [1.29, 1.82) is 0 Å². The molecule has 2 aliphatic rings. The summed E-state index contributed by atoms with van der Waals surface area (Å²) in [5.41, 5.74) is -0.0222. The van der Waals surface area contributed by atoms with Crippen molar-refractivity contribution >= 4 is 29.3 Å². The fourth-order valence-electron chi connectivity index (χ4n) is 4.17. The van der Waals surface area contributed by atoms with Crippen LogP contribution in [0.15, 0.2) is 12.1 Å². The maximum Gasteiger partial charge on any atom is 0.491 e. The quantitative estimate of drug-likeness (QED) is 0.673. The van der Waals surface area contributed by atoms with E-state index in [0.29, 0.717) is 17.8 Å². The zero-order valence-corrected chi connectivity index (χ0v) is 17.1. The van der Waals surface area contributed by atoms with Crippen molar-refractivity contribution in [2.45, 2.75) is 32.1 Å². The Kier molecular flexibility index (Phi) is 5.64. The van der Waals surface area contributed by atoms with E-state index in [0.717, 1.165) is 45.3 Å². The van der Waals surface area contributed by atoms with Crippen molar-refractivity contribution < 1.29 is 19.2 Å². The molecular weight excluding hydrogens is 374 g/mol. The highest BCUT2D eigenvalue weighted by Gasteiger charge is 2.44. The number of rotatable bonds is 7. The van der Waals surface area contributed by atoms with Crippen molar-refractivity contribution in [3.63, 3.8) is 0 Å². The lowest BCUT2D eigenvalue weighted by molar-refractivity contribution is 0.183. The van der Waals surface area contributed by atoms with E-state index in [2.05, 4.69) is 19.8 Å². The number of nitrogens with zero attached hydrogens (tertiary/aromatic N) is 4. The van der Waals surface area contributed by atoms with Crippen molar-refractivity contribution in [2.24, 2.45) is 5.41 Å². The normalized spacial score (nSPS) is 18.3. The van der Waals surface area contributed by atoms with Crippen LogP contribution in [0, 0.1) is 11.2 Å². The van der Waals surface area contributed by atoms with Crippen LogP contribution in [0.5, 0.6) is 6.01 Å². The summed E-state index contributed by atoms with van der Waals surface area (Å²) in [7, 11) is 2.18. The summed E-state index contributed by atoms with van der Waals surface area (Å²) in [5, 5.41) is 19.5. The number of ether oxygens (including phenoxy) is 1. The molecule has 0 unspecified atom stereocenters. The second-order valence-corrected chi connectivity index (χ2v) is 8.64. The standard InChI is InChI=1S/C20H28BFN4O3/c1-25(2)12-20(8-9-20)13-29-19-23-17-14(6-7-15(16(17)22)21(27)28)18(24-19)26-10-4-3-5-11-26/h6-7,27-28H,3-5,8-13H2,1-2H3. The molecule has 1 aliphatic carbocycles. The monoisotopic (exact) mass is 402 g/mol. The van der Waals surface area contributed by atoms with Gasteiger partial charge in [0.2, 0.25) is 0 Å². The molecule has 4 rings (SSSR count). The molecule has 1 saturated carbocycles. The number of benzene rings is 1. The molecule has 0 spiro atoms. The van der Waals surface area contributed by atoms with Gasteiger partial charge in [-0.2, -0.15) is 9.97 Å². The lowest BCUT2D eigenvalue weighted by Gasteiger charge is -2.29. The Labute approximate surface area is 170 Å². The molecule has 7 nitrogen and oxygen atoms in total. The Morgan fingerprint density at radius 1 is 1.17 bits per heavy atom. The van der Waals surface area contributed by atoms with Crippen molar-refractivity contribution in [2.75, 3.05) is 45.2 Å². The summed E-state index contributed by atoms with van der Waals surface area (Å²) < 4.78 is 21.0. The Morgan fingerprint density at radius 2 is 1.90 bits per heavy atom. The van der Waals surface area contributed by atoms with Gasteiger partial charge < -0.3 is 24.6 Å². The highest BCUT2D eigenvalue weighted by Crippen LogP contribution is 2.46. The molecule has 0 amide bonds. The Morgan fingerprint density at radius 3 is 2.52 bits per heavy atom. The zero-order valence-electron chi connectivity index (χ0n) is 17.1. The molecule has 2 N–H and O–H groups in total. The van der Waals surface area contributed by atoms with Gasteiger partial charge in [0.1, 0.15) is 17.2 Å². The second kappa shape index (κ2) is 8.05. The molecule has 0 atom stereocenters. The second-order valence-electron chi connectivity index (χ2n) is 8.64. The first kappa shape index (κ1) is 20.3. The van der Waals surface area contributed by atoms with Gasteiger partial charge in [0.05, 0.1) is 6.61 Å². The van der Waals surface area contributed by atoms with Crippen LogP contribution in [-0.2, 0) is 0 Å². The summed E-state index contributed by atoms with van der Waals surface area (Å²) in [6.07, 6.45) is 5.47. The third-order valence-corrected chi connectivity index (χ3v) is 5.85. The molecular formula is C20H28BFN4O3. The first-order chi connectivity index (χ1) is 13.9. The lowest BCUT2D eigenvalue weighted by atomic mass is 9.79. The van der Waals surface area contributed by atoms with Gasteiger partial charge in [-0.25, -0.2) is 4.39 Å². The van der Waals surface area contributed by atoms with E-state index in [1.807, 2.05) is 14.1 Å². The van der Waals surface area contributed by atoms with E-state index in [4.69, 9.17) is 4.74 Å². The Bertz CT molecular complexity index is 886. The number of piperidine rings is 1. The number of hydrogen-bond donors (Lipinski definition) is 2. The van der Waals surface area contributed by atoms with E-state index in [1.54, 1.807) is 6.07 Å². The molecule has 1 aliphatic heterocycles. The van der Waals surface area contributed by atoms with Crippen LogP contribution in [-0.4, -0.2) is 72.4 Å². The van der Waals surface area contributed by atoms with Crippen LogP contribution in [0.4, 0.5) is 10.2 Å². The topological polar surface area (TPSA) is 82.0 Å². The number of aromatic nitrogens is 2. The van der Waals surface area contributed by atoms with E-state index >= 15 is 4.39 Å². The average Bonchev–Trinajstić information content (AvgIpc) is 3.45. The van der Waals surface area contributed by atoms with Gasteiger partial charge >= 0.3 is 13.1 Å². The SMILES string of the molecule is CN(C)CC1(COc2nc(N3CCCCC3)c3ccc(B(O)O)c(F)c3n2)CC1. The van der Waals surface area contributed by atoms with Gasteiger partial charge in [0, 0.05) is 35.9 Å². The molecule has 1 aromatic carbocycles. The summed E-state index contributed by atoms with van der Waals surface area (Å²) >= 11 is 0. The van der Waals surface area contributed by atoms with E-state index in [9.17, 15) is 10.0 Å². The third kappa shape index (κ3) is 4.32. The molecule has 2 aromatic rings. The van der Waals surface area contributed by atoms with Crippen LogP contribution in [0.25, 0.3) is 10.9 Å². The molecule has 156 valence electrons.